The summed E-state index contributed by atoms with van der Waals surface area (Å²) in [6, 6.07) is 24.1. The number of rotatable bonds is 27. The Morgan fingerprint density at radius 1 is 0.521 bits per heavy atom. The molecule has 1 unspecified atom stereocenters. The average molecular weight is 655 g/mol. The van der Waals surface area contributed by atoms with E-state index in [-0.39, 0.29) is 12.1 Å². The van der Waals surface area contributed by atoms with Gasteiger partial charge in [0.2, 0.25) is 0 Å². The highest BCUT2D eigenvalue weighted by molar-refractivity contribution is 5.91. The van der Waals surface area contributed by atoms with Gasteiger partial charge in [0.05, 0.1) is 11.7 Å². The summed E-state index contributed by atoms with van der Waals surface area (Å²) in [6.07, 6.45) is 28.6. The van der Waals surface area contributed by atoms with E-state index in [1.165, 1.54) is 120 Å². The number of benzene rings is 3. The van der Waals surface area contributed by atoms with Crippen LogP contribution in [0.15, 0.2) is 72.8 Å². The first-order valence-electron chi connectivity index (χ1n) is 19.7. The molecule has 3 aromatic carbocycles. The van der Waals surface area contributed by atoms with Crippen molar-refractivity contribution in [3.05, 3.63) is 89.5 Å². The highest BCUT2D eigenvalue weighted by Gasteiger charge is 2.10. The van der Waals surface area contributed by atoms with Gasteiger partial charge in [-0.1, -0.05) is 178 Å². The lowest BCUT2D eigenvalue weighted by Crippen LogP contribution is -2.08. The number of ether oxygens (including phenoxy) is 2. The molecule has 1 atom stereocenters. The first-order valence-corrected chi connectivity index (χ1v) is 19.7. The summed E-state index contributed by atoms with van der Waals surface area (Å²) >= 11 is 0. The molecule has 0 aliphatic carbocycles. The van der Waals surface area contributed by atoms with E-state index < -0.39 is 0 Å². The summed E-state index contributed by atoms with van der Waals surface area (Å²) < 4.78 is 11.8. The Morgan fingerprint density at radius 3 is 1.44 bits per heavy atom. The van der Waals surface area contributed by atoms with Crippen LogP contribution in [0.5, 0.6) is 5.75 Å². The monoisotopic (exact) mass is 655 g/mol. The van der Waals surface area contributed by atoms with Gasteiger partial charge in [0.1, 0.15) is 5.75 Å². The molecule has 3 rings (SSSR count). The van der Waals surface area contributed by atoms with Gasteiger partial charge in [-0.3, -0.25) is 0 Å². The van der Waals surface area contributed by atoms with Crippen molar-refractivity contribution < 1.29 is 14.3 Å². The molecule has 0 aliphatic heterocycles. The molecule has 0 aromatic heterocycles. The molecule has 3 aromatic rings. The van der Waals surface area contributed by atoms with E-state index in [1.807, 2.05) is 48.5 Å². The number of esters is 1. The van der Waals surface area contributed by atoms with Gasteiger partial charge in [-0.15, -0.1) is 0 Å². The Kier molecular flexibility index (Phi) is 20.7. The van der Waals surface area contributed by atoms with Crippen molar-refractivity contribution in [1.82, 2.24) is 0 Å². The van der Waals surface area contributed by atoms with Gasteiger partial charge in [0.25, 0.3) is 0 Å². The molecule has 0 heterocycles. The Labute approximate surface area is 294 Å². The van der Waals surface area contributed by atoms with Gasteiger partial charge in [-0.05, 0) is 72.7 Å². The maximum absolute atomic E-state index is 12.6. The molecule has 3 heteroatoms. The topological polar surface area (TPSA) is 35.5 Å². The number of carbonyl (C=O) groups excluding carboxylic acids is 1. The van der Waals surface area contributed by atoms with Crippen LogP contribution >= 0.6 is 0 Å². The van der Waals surface area contributed by atoms with Gasteiger partial charge in [0.15, 0.2) is 0 Å². The van der Waals surface area contributed by atoms with E-state index in [4.69, 9.17) is 9.47 Å². The van der Waals surface area contributed by atoms with E-state index in [0.29, 0.717) is 11.3 Å². The Morgan fingerprint density at radius 2 is 0.958 bits per heavy atom. The van der Waals surface area contributed by atoms with E-state index >= 15 is 0 Å². The molecule has 48 heavy (non-hydrogen) atoms. The number of aryl methyl sites for hydroxylation is 1. The van der Waals surface area contributed by atoms with Crippen LogP contribution in [0.4, 0.5) is 0 Å². The zero-order valence-electron chi connectivity index (χ0n) is 30.8. The molecule has 0 amide bonds. The minimum Gasteiger partial charge on any atom is -0.423 e. The SMILES string of the molecule is CCCCCCCCCCCCCCCCCCCCOC(C)c1ccc(-c2ccc(OC(=O)c3ccc(CCCC)cc3)cc2)cc1. The third-order valence-corrected chi connectivity index (χ3v) is 9.65. The minimum atomic E-state index is -0.326. The highest BCUT2D eigenvalue weighted by Crippen LogP contribution is 2.26. The van der Waals surface area contributed by atoms with Crippen molar-refractivity contribution in [3.63, 3.8) is 0 Å². The molecule has 0 spiro atoms. The zero-order valence-corrected chi connectivity index (χ0v) is 30.8. The second kappa shape index (κ2) is 25.1. The van der Waals surface area contributed by atoms with Gasteiger partial charge in [0, 0.05) is 6.61 Å². The zero-order chi connectivity index (χ0) is 34.1. The fourth-order valence-corrected chi connectivity index (χ4v) is 6.38. The van der Waals surface area contributed by atoms with Crippen LogP contribution in [0.25, 0.3) is 11.1 Å². The molecule has 0 aliphatic rings. The van der Waals surface area contributed by atoms with Crippen LogP contribution in [0.2, 0.25) is 0 Å². The van der Waals surface area contributed by atoms with Gasteiger partial charge in [-0.25, -0.2) is 4.79 Å². The number of hydrogen-bond acceptors (Lipinski definition) is 3. The molecular formula is C45H66O3. The predicted octanol–water partition coefficient (Wildman–Crippen LogP) is 14.0. The van der Waals surface area contributed by atoms with Crippen LogP contribution < -0.4 is 4.74 Å². The molecule has 0 radical (unpaired) electrons. The van der Waals surface area contributed by atoms with Gasteiger partial charge in [-0.2, -0.15) is 0 Å². The van der Waals surface area contributed by atoms with E-state index in [1.54, 1.807) is 0 Å². The number of carbonyl (C=O) groups is 1. The van der Waals surface area contributed by atoms with E-state index in [9.17, 15) is 4.79 Å². The minimum absolute atomic E-state index is 0.0901. The van der Waals surface area contributed by atoms with E-state index in [0.717, 1.165) is 43.4 Å². The van der Waals surface area contributed by atoms with Crippen LogP contribution in [0, 0.1) is 0 Å². The summed E-state index contributed by atoms with van der Waals surface area (Å²) in [5.41, 5.74) is 5.26. The molecule has 3 nitrogen and oxygen atoms in total. The molecule has 0 N–H and O–H groups in total. The highest BCUT2D eigenvalue weighted by atomic mass is 16.5. The second-order valence-corrected chi connectivity index (χ2v) is 13.9. The largest absolute Gasteiger partial charge is 0.423 e. The lowest BCUT2D eigenvalue weighted by atomic mass is 10.0. The molecule has 0 bridgehead atoms. The van der Waals surface area contributed by atoms with Crippen LogP contribution in [0.1, 0.15) is 177 Å². The maximum atomic E-state index is 12.6. The first kappa shape index (κ1) is 39.5. The van der Waals surface area contributed by atoms with Gasteiger partial charge < -0.3 is 9.47 Å². The summed E-state index contributed by atoms with van der Waals surface area (Å²) in [5.74, 6) is 0.227. The quantitative estimate of drug-likeness (QED) is 0.0466. The fourth-order valence-electron chi connectivity index (χ4n) is 6.38. The molecule has 264 valence electrons. The van der Waals surface area contributed by atoms with Crippen molar-refractivity contribution in [3.8, 4) is 16.9 Å². The summed E-state index contributed by atoms with van der Waals surface area (Å²) in [5, 5.41) is 0. The summed E-state index contributed by atoms with van der Waals surface area (Å²) in [7, 11) is 0. The van der Waals surface area contributed by atoms with E-state index in [2.05, 4.69) is 45.0 Å². The molecule has 0 saturated heterocycles. The molecule has 0 fully saturated rings. The van der Waals surface area contributed by atoms with Crippen molar-refractivity contribution in [2.75, 3.05) is 6.61 Å². The number of unbranched alkanes of at least 4 members (excludes halogenated alkanes) is 18. The molecular weight excluding hydrogens is 588 g/mol. The third kappa shape index (κ3) is 16.5. The van der Waals surface area contributed by atoms with Crippen LogP contribution in [-0.2, 0) is 11.2 Å². The standard InChI is InChI=1S/C45H66O3/c1-4-6-8-9-10-11-12-13-14-15-16-17-18-19-20-21-22-23-37-47-38(3)40-29-31-41(32-30-40)42-33-35-44(36-34-42)48-45(46)43-27-25-39(26-28-43)24-7-5-2/h25-36,38H,4-24,37H2,1-3H3. The average Bonchev–Trinajstić information content (AvgIpc) is 3.12. The number of hydrogen-bond donors (Lipinski definition) is 0. The molecule has 0 saturated carbocycles. The summed E-state index contributed by atoms with van der Waals surface area (Å²) in [6.45, 7) is 7.45. The lowest BCUT2D eigenvalue weighted by molar-refractivity contribution is 0.0627. The fraction of sp³-hybridized carbons (Fsp3) is 0.578. The Hall–Kier alpha value is -2.91. The van der Waals surface area contributed by atoms with Crippen molar-refractivity contribution in [2.24, 2.45) is 0 Å². The second-order valence-electron chi connectivity index (χ2n) is 13.9. The van der Waals surface area contributed by atoms with Crippen molar-refractivity contribution in [2.45, 2.75) is 162 Å². The third-order valence-electron chi connectivity index (χ3n) is 9.65. The normalized spacial score (nSPS) is 11.9. The Bertz CT molecular complexity index is 1210. The van der Waals surface area contributed by atoms with Crippen LogP contribution in [0.3, 0.4) is 0 Å². The summed E-state index contributed by atoms with van der Waals surface area (Å²) in [4.78, 5) is 12.6. The predicted molar refractivity (Wildman–Crippen MR) is 205 cm³/mol. The van der Waals surface area contributed by atoms with Crippen molar-refractivity contribution >= 4 is 5.97 Å². The lowest BCUT2D eigenvalue weighted by Gasteiger charge is -2.14. The van der Waals surface area contributed by atoms with Gasteiger partial charge >= 0.3 is 5.97 Å². The Balaban J connectivity index is 1.20. The van der Waals surface area contributed by atoms with Crippen LogP contribution in [-0.4, -0.2) is 12.6 Å². The van der Waals surface area contributed by atoms with Crippen molar-refractivity contribution in [1.29, 1.82) is 0 Å². The smallest absolute Gasteiger partial charge is 0.343 e. The first-order chi connectivity index (χ1) is 23.6. The maximum Gasteiger partial charge on any atom is 0.343 e.